The molecule has 1 aromatic rings. The number of nitrogens with zero attached hydrogens (tertiary/aromatic N) is 4. The molecule has 15 heteroatoms. The van der Waals surface area contributed by atoms with Crippen LogP contribution >= 0.6 is 10.9 Å². The number of rotatable bonds is 22. The average Bonchev–Trinajstić information content (AvgIpc) is 3.87. The van der Waals surface area contributed by atoms with Gasteiger partial charge in [-0.15, -0.1) is 0 Å². The number of methoxy groups -OCH3 is 2. The van der Waals surface area contributed by atoms with Gasteiger partial charge in [0.25, 0.3) is 5.91 Å². The van der Waals surface area contributed by atoms with Crippen molar-refractivity contribution in [2.75, 3.05) is 47.7 Å². The number of thiol groups is 1. The summed E-state index contributed by atoms with van der Waals surface area (Å²) in [5, 5.41) is 8.06. The van der Waals surface area contributed by atoms with E-state index in [0.717, 1.165) is 18.4 Å². The van der Waals surface area contributed by atoms with Gasteiger partial charge in [0, 0.05) is 39.1 Å². The normalized spacial score (nSPS) is 21.5. The van der Waals surface area contributed by atoms with Gasteiger partial charge in [-0.25, -0.2) is 4.99 Å². The highest BCUT2D eigenvalue weighted by Gasteiger charge is 2.43. The number of amides is 5. The maximum Gasteiger partial charge on any atom is 0.267 e. The van der Waals surface area contributed by atoms with E-state index in [9.17, 15) is 24.0 Å². The van der Waals surface area contributed by atoms with Crippen LogP contribution in [-0.4, -0.2) is 134 Å². The van der Waals surface area contributed by atoms with Gasteiger partial charge >= 0.3 is 0 Å². The van der Waals surface area contributed by atoms with Crippen molar-refractivity contribution in [3.05, 3.63) is 47.0 Å². The number of aliphatic imine (C=N–C) groups is 1. The third-order valence-corrected chi connectivity index (χ3v) is 13.5. The van der Waals surface area contributed by atoms with Crippen LogP contribution in [0.1, 0.15) is 85.8 Å². The first-order valence-corrected chi connectivity index (χ1v) is 22.3. The maximum atomic E-state index is 14.3. The van der Waals surface area contributed by atoms with E-state index >= 15 is 0 Å². The Hall–Kier alpha value is -3.79. The lowest BCUT2D eigenvalue weighted by molar-refractivity contribution is -0.148. The van der Waals surface area contributed by atoms with Crippen LogP contribution < -0.4 is 16.4 Å². The number of ether oxygens (including phenoxy) is 2. The van der Waals surface area contributed by atoms with E-state index in [1.165, 1.54) is 0 Å². The molecule has 0 aromatic heterocycles. The number of carbonyl (C=O) groups is 5. The van der Waals surface area contributed by atoms with Crippen LogP contribution in [0.15, 0.2) is 46.4 Å². The zero-order chi connectivity index (χ0) is 43.4. The Morgan fingerprint density at radius 2 is 1.60 bits per heavy atom. The first-order valence-electron chi connectivity index (χ1n) is 20.6. The maximum absolute atomic E-state index is 14.3. The number of nitrogens with two attached hydrogens (primary N) is 1. The molecule has 1 unspecified atom stereocenters. The van der Waals surface area contributed by atoms with Crippen molar-refractivity contribution >= 4 is 46.0 Å². The fraction of sp³-hybridized carbons (Fsp3) is 0.674. The van der Waals surface area contributed by atoms with E-state index in [4.69, 9.17) is 15.2 Å². The predicted octanol–water partition coefficient (Wildman–Crippen LogP) is 3.86. The Bertz CT molecular complexity index is 1600. The lowest BCUT2D eigenvalue weighted by Gasteiger charge is -2.41. The Kier molecular flexibility index (Phi) is 18.9. The van der Waals surface area contributed by atoms with E-state index in [1.807, 2.05) is 103 Å². The average molecular weight is 830 g/mol. The molecule has 58 heavy (non-hydrogen) atoms. The smallest absolute Gasteiger partial charge is 0.267 e. The Labute approximate surface area is 349 Å². The van der Waals surface area contributed by atoms with Crippen LogP contribution in [0.25, 0.3) is 0 Å². The third kappa shape index (κ3) is 12.4. The van der Waals surface area contributed by atoms with Crippen molar-refractivity contribution in [2.45, 2.75) is 117 Å². The van der Waals surface area contributed by atoms with Crippen LogP contribution in [0, 0.1) is 23.7 Å². The Morgan fingerprint density at radius 3 is 2.12 bits per heavy atom. The van der Waals surface area contributed by atoms with Crippen molar-refractivity contribution in [3.8, 4) is 0 Å². The SMILES string of the molecule is CC[C@H](C)[C@@H]([C@@H](CC(=O)N1CCC[C@H]1[C@H](OC)[C@H](C)C(=O)N[C@H](C[SH]1C=NC(C(N)=O)=C1)c1ccccc1)OC)N(C)C(=O)[C@@H](NC(=O)[C@H](C(C)C)N(C)C)C(C)C. The summed E-state index contributed by atoms with van der Waals surface area (Å²) in [6.45, 7) is 14.2. The highest BCUT2D eigenvalue weighted by atomic mass is 32.2. The lowest BCUT2D eigenvalue weighted by atomic mass is 9.89. The van der Waals surface area contributed by atoms with Crippen molar-refractivity contribution in [1.29, 1.82) is 0 Å². The molecule has 0 saturated carbocycles. The number of hydrogen-bond acceptors (Lipinski definition) is 9. The summed E-state index contributed by atoms with van der Waals surface area (Å²) in [4.78, 5) is 77.4. The number of likely N-dealkylation sites (N-methyl/N-ethyl adjacent to an activating group) is 2. The Balaban J connectivity index is 1.80. The molecule has 0 radical (unpaired) electrons. The molecule has 10 atom stereocenters. The van der Waals surface area contributed by atoms with Crippen LogP contribution in [0.2, 0.25) is 0 Å². The molecule has 1 aromatic carbocycles. The van der Waals surface area contributed by atoms with Gasteiger partial charge in [-0.3, -0.25) is 28.9 Å². The van der Waals surface area contributed by atoms with Gasteiger partial charge in [0.2, 0.25) is 23.6 Å². The summed E-state index contributed by atoms with van der Waals surface area (Å²) in [5.74, 6) is -1.62. The molecule has 2 heterocycles. The second kappa shape index (κ2) is 22.5. The molecule has 0 bridgehead atoms. The second-order valence-electron chi connectivity index (χ2n) is 16.8. The van der Waals surface area contributed by atoms with Crippen molar-refractivity contribution in [3.63, 3.8) is 0 Å². The highest BCUT2D eigenvalue weighted by molar-refractivity contribution is 8.31. The van der Waals surface area contributed by atoms with Gasteiger partial charge in [0.05, 0.1) is 48.7 Å². The largest absolute Gasteiger partial charge is 0.379 e. The fourth-order valence-electron chi connectivity index (χ4n) is 8.43. The Morgan fingerprint density at radius 1 is 0.948 bits per heavy atom. The zero-order valence-corrected chi connectivity index (χ0v) is 37.7. The molecule has 4 N–H and O–H groups in total. The number of likely N-dealkylation sites (tertiary alicyclic amines) is 1. The van der Waals surface area contributed by atoms with Gasteiger partial charge in [-0.1, -0.05) is 85.2 Å². The minimum absolute atomic E-state index is 0.0212. The third-order valence-electron chi connectivity index (χ3n) is 11.7. The summed E-state index contributed by atoms with van der Waals surface area (Å²) in [6.07, 6.45) is 0.943. The fourth-order valence-corrected chi connectivity index (χ4v) is 10.2. The van der Waals surface area contributed by atoms with Gasteiger partial charge in [0.15, 0.2) is 0 Å². The molecule has 2 aliphatic rings. The van der Waals surface area contributed by atoms with Crippen molar-refractivity contribution in [2.24, 2.45) is 34.4 Å². The standard InChI is InChI=1S/C43H71N7O7S/c1-13-28(6)38(49(10)43(55)36(26(2)3)47-42(54)37(27(4)5)48(8)9)34(56-11)22-35(51)50-21-17-20-33(50)39(57-12)29(7)41(53)46-31(30-18-15-14-16-19-30)23-58-24-32(40(44)52)45-25-58/h14-16,18-19,24-29,31,33-34,36-39,58H,13,17,20-23H2,1-12H3,(H2,44,52)(H,46,53)(H,47,54)/t28-,29-,31+,33-,34+,36-,37-,38-,39+/m0/s1. The first kappa shape index (κ1) is 48.6. The van der Waals surface area contributed by atoms with Crippen LogP contribution in [0.3, 0.4) is 0 Å². The van der Waals surface area contributed by atoms with E-state index in [2.05, 4.69) is 15.6 Å². The van der Waals surface area contributed by atoms with Crippen LogP contribution in [0.4, 0.5) is 0 Å². The number of carbonyl (C=O) groups excluding carboxylic acids is 5. The topological polar surface area (TPSA) is 176 Å². The van der Waals surface area contributed by atoms with E-state index in [1.54, 1.807) is 37.1 Å². The summed E-state index contributed by atoms with van der Waals surface area (Å²) in [5.41, 5.74) is 8.35. The summed E-state index contributed by atoms with van der Waals surface area (Å²) < 4.78 is 12.1. The van der Waals surface area contributed by atoms with E-state index in [0.29, 0.717) is 18.7 Å². The minimum atomic E-state index is -0.933. The molecular weight excluding hydrogens is 759 g/mol. The molecule has 14 nitrogen and oxygen atoms in total. The number of benzene rings is 1. The number of hydrogen-bond donors (Lipinski definition) is 4. The summed E-state index contributed by atoms with van der Waals surface area (Å²) in [6, 6.07) is 7.32. The molecule has 1 fully saturated rings. The second-order valence-corrected chi connectivity index (χ2v) is 18.6. The zero-order valence-electron chi connectivity index (χ0n) is 36.8. The molecule has 326 valence electrons. The summed E-state index contributed by atoms with van der Waals surface area (Å²) >= 11 is 0. The molecule has 3 rings (SSSR count). The first-order chi connectivity index (χ1) is 27.4. The molecule has 1 saturated heterocycles. The summed E-state index contributed by atoms with van der Waals surface area (Å²) in [7, 11) is 7.65. The minimum Gasteiger partial charge on any atom is -0.379 e. The van der Waals surface area contributed by atoms with Gasteiger partial charge in [-0.2, -0.15) is 10.9 Å². The molecule has 5 amide bonds. The monoisotopic (exact) mass is 830 g/mol. The van der Waals surface area contributed by atoms with Gasteiger partial charge in [0.1, 0.15) is 11.7 Å². The molecule has 0 spiro atoms. The van der Waals surface area contributed by atoms with E-state index < -0.39 is 53.1 Å². The molecular formula is C43H71N7O7S. The van der Waals surface area contributed by atoms with Crippen LogP contribution in [-0.2, 0) is 33.4 Å². The van der Waals surface area contributed by atoms with Crippen LogP contribution in [0.5, 0.6) is 0 Å². The quantitative estimate of drug-likeness (QED) is 0.128. The molecule has 2 aliphatic heterocycles. The molecule has 0 aliphatic carbocycles. The van der Waals surface area contributed by atoms with Gasteiger partial charge < -0.3 is 35.6 Å². The van der Waals surface area contributed by atoms with Crippen molar-refractivity contribution < 1.29 is 33.4 Å². The lowest BCUT2D eigenvalue weighted by Crippen LogP contribution is -2.59. The predicted molar refractivity (Wildman–Crippen MR) is 232 cm³/mol. The van der Waals surface area contributed by atoms with Gasteiger partial charge in [-0.05, 0) is 55.7 Å². The number of nitrogens with one attached hydrogen (secondary N) is 2. The van der Waals surface area contributed by atoms with Crippen molar-refractivity contribution in [1.82, 2.24) is 25.3 Å². The van der Waals surface area contributed by atoms with E-state index in [-0.39, 0.29) is 65.6 Å². The highest BCUT2D eigenvalue weighted by Crippen LogP contribution is 2.36. The number of primary amides is 1.